The second-order valence-corrected chi connectivity index (χ2v) is 5.22. The number of nitro benzene ring substituents is 1. The molecule has 0 aliphatic rings. The van der Waals surface area contributed by atoms with Crippen molar-refractivity contribution < 1.29 is 23.6 Å². The third-order valence-electron chi connectivity index (χ3n) is 3.50. The number of hydrogen-bond acceptors (Lipinski definition) is 5. The third kappa shape index (κ3) is 4.66. The lowest BCUT2D eigenvalue weighted by atomic mass is 10.2. The van der Waals surface area contributed by atoms with Crippen molar-refractivity contribution in [2.75, 3.05) is 20.8 Å². The molecule has 0 spiro atoms. The smallest absolute Gasteiger partial charge is 0.273 e. The Morgan fingerprint density at radius 3 is 2.60 bits per heavy atom. The van der Waals surface area contributed by atoms with Crippen LogP contribution in [0.3, 0.4) is 0 Å². The number of likely N-dealkylation sites (N-methyl/N-ethyl adjacent to an activating group) is 1. The Morgan fingerprint density at radius 1 is 1.24 bits per heavy atom. The highest BCUT2D eigenvalue weighted by atomic mass is 19.1. The summed E-state index contributed by atoms with van der Waals surface area (Å²) >= 11 is 0. The molecule has 0 aliphatic heterocycles. The Balaban J connectivity index is 2.03. The maximum absolute atomic E-state index is 13.6. The van der Waals surface area contributed by atoms with Gasteiger partial charge >= 0.3 is 0 Å². The number of amides is 1. The molecule has 0 N–H and O–H groups in total. The number of nitrogens with zero attached hydrogens (tertiary/aromatic N) is 2. The quantitative estimate of drug-likeness (QED) is 0.568. The zero-order valence-corrected chi connectivity index (χ0v) is 13.8. The molecule has 8 heteroatoms. The van der Waals surface area contributed by atoms with Gasteiger partial charge in [-0.1, -0.05) is 18.2 Å². The van der Waals surface area contributed by atoms with Crippen molar-refractivity contribution >= 4 is 11.6 Å². The molecule has 0 fully saturated rings. The van der Waals surface area contributed by atoms with Gasteiger partial charge in [0.15, 0.2) is 18.1 Å². The van der Waals surface area contributed by atoms with E-state index in [9.17, 15) is 19.3 Å². The molecule has 2 aromatic rings. The van der Waals surface area contributed by atoms with Gasteiger partial charge in [-0.3, -0.25) is 14.9 Å². The van der Waals surface area contributed by atoms with E-state index in [0.29, 0.717) is 5.56 Å². The zero-order valence-electron chi connectivity index (χ0n) is 13.8. The Morgan fingerprint density at radius 2 is 1.96 bits per heavy atom. The number of halogens is 1. The number of rotatable bonds is 7. The third-order valence-corrected chi connectivity index (χ3v) is 3.50. The minimum Gasteiger partial charge on any atom is -0.493 e. The maximum Gasteiger partial charge on any atom is 0.273 e. The molecule has 0 bridgehead atoms. The molecule has 0 radical (unpaired) electrons. The number of nitro groups is 1. The molecular formula is C17H17FN2O5. The Hall–Kier alpha value is -3.16. The Bertz CT molecular complexity index is 781. The monoisotopic (exact) mass is 348 g/mol. The van der Waals surface area contributed by atoms with Crippen molar-refractivity contribution in [1.82, 2.24) is 4.90 Å². The number of carbonyl (C=O) groups excluding carboxylic acids is 1. The first kappa shape index (κ1) is 18.2. The molecule has 25 heavy (non-hydrogen) atoms. The van der Waals surface area contributed by atoms with Gasteiger partial charge in [0, 0.05) is 25.2 Å². The van der Waals surface area contributed by atoms with Crippen molar-refractivity contribution in [3.05, 3.63) is 64.0 Å². The molecule has 2 rings (SSSR count). The van der Waals surface area contributed by atoms with E-state index in [1.807, 2.05) is 0 Å². The zero-order chi connectivity index (χ0) is 18.4. The lowest BCUT2D eigenvalue weighted by Crippen LogP contribution is -2.31. The second-order valence-electron chi connectivity index (χ2n) is 5.22. The van der Waals surface area contributed by atoms with Gasteiger partial charge in [-0.05, 0) is 12.1 Å². The van der Waals surface area contributed by atoms with Crippen LogP contribution in [0, 0.1) is 15.9 Å². The molecule has 2 aromatic carbocycles. The Labute approximate surface area is 143 Å². The van der Waals surface area contributed by atoms with E-state index < -0.39 is 16.6 Å². The standard InChI is InChI=1S/C17H17FN2O5/c1-19(10-12-5-3-4-6-14(12)18)17(21)11-25-16-9-13(20(22)23)7-8-15(16)24-2/h3-9H,10-11H2,1-2H3. The molecule has 0 atom stereocenters. The topological polar surface area (TPSA) is 81.9 Å². The van der Waals surface area contributed by atoms with Crippen LogP contribution in [-0.2, 0) is 11.3 Å². The van der Waals surface area contributed by atoms with Crippen LogP contribution in [0.4, 0.5) is 10.1 Å². The number of benzene rings is 2. The van der Waals surface area contributed by atoms with Crippen LogP contribution in [0.25, 0.3) is 0 Å². The lowest BCUT2D eigenvalue weighted by molar-refractivity contribution is -0.385. The molecule has 7 nitrogen and oxygen atoms in total. The molecule has 0 aliphatic carbocycles. The number of methoxy groups -OCH3 is 1. The summed E-state index contributed by atoms with van der Waals surface area (Å²) in [5, 5.41) is 10.8. The van der Waals surface area contributed by atoms with Gasteiger partial charge < -0.3 is 14.4 Å². The average molecular weight is 348 g/mol. The molecule has 1 amide bonds. The van der Waals surface area contributed by atoms with Gasteiger partial charge in [0.1, 0.15) is 5.82 Å². The maximum atomic E-state index is 13.6. The summed E-state index contributed by atoms with van der Waals surface area (Å²) in [5.74, 6) is -0.445. The van der Waals surface area contributed by atoms with E-state index in [-0.39, 0.29) is 30.3 Å². The van der Waals surface area contributed by atoms with Crippen molar-refractivity contribution in [2.45, 2.75) is 6.54 Å². The number of carbonyl (C=O) groups is 1. The number of non-ortho nitro benzene ring substituents is 1. The minimum absolute atomic E-state index is 0.0843. The second kappa shape index (κ2) is 8.09. The summed E-state index contributed by atoms with van der Waals surface area (Å²) in [6, 6.07) is 10.0. The highest BCUT2D eigenvalue weighted by Crippen LogP contribution is 2.31. The SMILES string of the molecule is COc1ccc([N+](=O)[O-])cc1OCC(=O)N(C)Cc1ccccc1F. The van der Waals surface area contributed by atoms with Crippen LogP contribution >= 0.6 is 0 Å². The first-order valence-corrected chi connectivity index (χ1v) is 7.35. The predicted molar refractivity (Wildman–Crippen MR) is 88.0 cm³/mol. The van der Waals surface area contributed by atoms with Crippen LogP contribution in [0.1, 0.15) is 5.56 Å². The van der Waals surface area contributed by atoms with Crippen molar-refractivity contribution in [3.8, 4) is 11.5 Å². The lowest BCUT2D eigenvalue weighted by Gasteiger charge is -2.18. The molecule has 0 aromatic heterocycles. The first-order chi connectivity index (χ1) is 11.9. The van der Waals surface area contributed by atoms with Gasteiger partial charge in [-0.15, -0.1) is 0 Å². The number of hydrogen-bond donors (Lipinski definition) is 0. The summed E-state index contributed by atoms with van der Waals surface area (Å²) in [5.41, 5.74) is 0.203. The molecule has 0 unspecified atom stereocenters. The molecule has 132 valence electrons. The Kier molecular flexibility index (Phi) is 5.89. The molecule has 0 saturated carbocycles. The normalized spacial score (nSPS) is 10.2. The van der Waals surface area contributed by atoms with E-state index >= 15 is 0 Å². The summed E-state index contributed by atoms with van der Waals surface area (Å²) in [4.78, 5) is 23.7. The highest BCUT2D eigenvalue weighted by Gasteiger charge is 2.16. The van der Waals surface area contributed by atoms with Gasteiger partial charge in [0.2, 0.25) is 0 Å². The van der Waals surface area contributed by atoms with Gasteiger partial charge in [-0.2, -0.15) is 0 Å². The van der Waals surface area contributed by atoms with Crippen LogP contribution in [0.2, 0.25) is 0 Å². The fourth-order valence-corrected chi connectivity index (χ4v) is 2.11. The first-order valence-electron chi connectivity index (χ1n) is 7.35. The molecular weight excluding hydrogens is 331 g/mol. The van der Waals surface area contributed by atoms with Crippen LogP contribution in [0.5, 0.6) is 11.5 Å². The van der Waals surface area contributed by atoms with E-state index in [1.165, 1.54) is 43.3 Å². The van der Waals surface area contributed by atoms with E-state index in [4.69, 9.17) is 9.47 Å². The molecule has 0 saturated heterocycles. The van der Waals surface area contributed by atoms with Crippen LogP contribution < -0.4 is 9.47 Å². The molecule has 0 heterocycles. The highest BCUT2D eigenvalue weighted by molar-refractivity contribution is 5.77. The minimum atomic E-state index is -0.571. The van der Waals surface area contributed by atoms with Crippen LogP contribution in [-0.4, -0.2) is 36.5 Å². The van der Waals surface area contributed by atoms with E-state index in [2.05, 4.69) is 0 Å². The van der Waals surface area contributed by atoms with Gasteiger partial charge in [-0.25, -0.2) is 4.39 Å². The summed E-state index contributed by atoms with van der Waals surface area (Å²) in [6.45, 7) is -0.274. The van der Waals surface area contributed by atoms with Gasteiger partial charge in [0.25, 0.3) is 11.6 Å². The van der Waals surface area contributed by atoms with Crippen molar-refractivity contribution in [1.29, 1.82) is 0 Å². The predicted octanol–water partition coefficient (Wildman–Crippen LogP) is 2.78. The van der Waals surface area contributed by atoms with E-state index in [0.717, 1.165) is 0 Å². The summed E-state index contributed by atoms with van der Waals surface area (Å²) in [7, 11) is 2.91. The van der Waals surface area contributed by atoms with Gasteiger partial charge in [0.05, 0.1) is 18.1 Å². The largest absolute Gasteiger partial charge is 0.493 e. The van der Waals surface area contributed by atoms with E-state index in [1.54, 1.807) is 18.2 Å². The fraction of sp³-hybridized carbons (Fsp3) is 0.235. The summed E-state index contributed by atoms with van der Waals surface area (Å²) in [6.07, 6.45) is 0. The number of ether oxygens (including phenoxy) is 2. The van der Waals surface area contributed by atoms with Crippen molar-refractivity contribution in [3.63, 3.8) is 0 Å². The summed E-state index contributed by atoms with van der Waals surface area (Å²) < 4.78 is 24.1. The average Bonchev–Trinajstić information content (AvgIpc) is 2.61. The fourth-order valence-electron chi connectivity index (χ4n) is 2.11. The van der Waals surface area contributed by atoms with Crippen molar-refractivity contribution in [2.24, 2.45) is 0 Å². The van der Waals surface area contributed by atoms with Crippen LogP contribution in [0.15, 0.2) is 42.5 Å².